The molecule has 70 valence electrons. The zero-order chi connectivity index (χ0) is 9.54. The van der Waals surface area contributed by atoms with Crippen molar-refractivity contribution in [1.82, 2.24) is 0 Å². The van der Waals surface area contributed by atoms with Crippen LogP contribution in [-0.2, 0) is 0 Å². The van der Waals surface area contributed by atoms with Crippen LogP contribution >= 0.6 is 11.8 Å². The van der Waals surface area contributed by atoms with Gasteiger partial charge in [0.15, 0.2) is 0 Å². The topological polar surface area (TPSA) is 24.1 Å². The van der Waals surface area contributed by atoms with Crippen molar-refractivity contribution in [3.63, 3.8) is 0 Å². The summed E-state index contributed by atoms with van der Waals surface area (Å²) < 4.78 is 2.00. The minimum absolute atomic E-state index is 0.374. The first-order valence-electron chi connectivity index (χ1n) is 4.60. The third-order valence-electron chi connectivity index (χ3n) is 2.52. The summed E-state index contributed by atoms with van der Waals surface area (Å²) in [5, 5.41) is 12.1. The van der Waals surface area contributed by atoms with Gasteiger partial charge in [0.25, 0.3) is 6.23 Å². The van der Waals surface area contributed by atoms with E-state index in [0.717, 1.165) is 16.3 Å². The number of aliphatic hydroxyl groups is 1. The van der Waals surface area contributed by atoms with Gasteiger partial charge in [0.1, 0.15) is 0 Å². The second kappa shape index (κ2) is 2.97. The SMILES string of the molecule is OC1CSc2ccc3ccccc3[n+]21. The molecule has 0 bridgehead atoms. The number of fused-ring (bicyclic) bond motifs is 3. The van der Waals surface area contributed by atoms with Gasteiger partial charge in [-0.05, 0) is 23.9 Å². The number of thioether (sulfide) groups is 1. The Kier molecular flexibility index (Phi) is 1.75. The summed E-state index contributed by atoms with van der Waals surface area (Å²) in [6.45, 7) is 0. The summed E-state index contributed by atoms with van der Waals surface area (Å²) in [4.78, 5) is 0. The Morgan fingerprint density at radius 1 is 1.21 bits per heavy atom. The number of para-hydroxylation sites is 1. The van der Waals surface area contributed by atoms with Crippen LogP contribution in [0.4, 0.5) is 0 Å². The highest BCUT2D eigenvalue weighted by Gasteiger charge is 2.31. The summed E-state index contributed by atoms with van der Waals surface area (Å²) in [6.07, 6.45) is -0.374. The van der Waals surface area contributed by atoms with Gasteiger partial charge in [0, 0.05) is 17.5 Å². The summed E-state index contributed by atoms with van der Waals surface area (Å²) in [7, 11) is 0. The highest BCUT2D eigenvalue weighted by atomic mass is 32.2. The van der Waals surface area contributed by atoms with Crippen LogP contribution in [0, 0.1) is 0 Å². The molecule has 0 spiro atoms. The number of hydrogen-bond acceptors (Lipinski definition) is 2. The van der Waals surface area contributed by atoms with Gasteiger partial charge >= 0.3 is 0 Å². The van der Waals surface area contributed by atoms with E-state index in [1.54, 1.807) is 11.8 Å². The molecule has 1 unspecified atom stereocenters. The molecule has 3 rings (SSSR count). The van der Waals surface area contributed by atoms with E-state index in [1.807, 2.05) is 22.8 Å². The van der Waals surface area contributed by atoms with E-state index in [0.29, 0.717) is 0 Å². The average molecular weight is 204 g/mol. The van der Waals surface area contributed by atoms with E-state index in [4.69, 9.17) is 0 Å². The van der Waals surface area contributed by atoms with Crippen molar-refractivity contribution in [2.45, 2.75) is 11.3 Å². The zero-order valence-corrected chi connectivity index (χ0v) is 8.37. The van der Waals surface area contributed by atoms with E-state index in [-0.39, 0.29) is 6.23 Å². The van der Waals surface area contributed by atoms with Gasteiger partial charge in [0.05, 0.1) is 5.75 Å². The lowest BCUT2D eigenvalue weighted by atomic mass is 10.2. The second-order valence-corrected chi connectivity index (χ2v) is 4.43. The van der Waals surface area contributed by atoms with Crippen LogP contribution in [-0.4, -0.2) is 10.9 Å². The second-order valence-electron chi connectivity index (χ2n) is 3.39. The summed E-state index contributed by atoms with van der Waals surface area (Å²) >= 11 is 1.70. The van der Waals surface area contributed by atoms with Crippen molar-refractivity contribution in [2.75, 3.05) is 5.75 Å². The highest BCUT2D eigenvalue weighted by molar-refractivity contribution is 7.99. The monoisotopic (exact) mass is 204 g/mol. The first-order chi connectivity index (χ1) is 6.86. The molecule has 2 heterocycles. The van der Waals surface area contributed by atoms with Crippen LogP contribution in [0.5, 0.6) is 0 Å². The fourth-order valence-electron chi connectivity index (χ4n) is 1.87. The molecule has 2 nitrogen and oxygen atoms in total. The van der Waals surface area contributed by atoms with Gasteiger partial charge in [-0.1, -0.05) is 12.1 Å². The Labute approximate surface area is 86.2 Å². The molecule has 0 aliphatic carbocycles. The zero-order valence-electron chi connectivity index (χ0n) is 7.55. The maximum Gasteiger partial charge on any atom is 0.271 e. The van der Waals surface area contributed by atoms with Gasteiger partial charge in [-0.2, -0.15) is 4.57 Å². The van der Waals surface area contributed by atoms with Crippen LogP contribution in [0.15, 0.2) is 41.4 Å². The molecule has 1 aromatic carbocycles. The molecular weight excluding hydrogens is 194 g/mol. The van der Waals surface area contributed by atoms with Crippen molar-refractivity contribution >= 4 is 22.7 Å². The van der Waals surface area contributed by atoms with Crippen LogP contribution in [0.3, 0.4) is 0 Å². The number of benzene rings is 1. The summed E-state index contributed by atoms with van der Waals surface area (Å²) in [5.41, 5.74) is 1.11. The molecule has 1 atom stereocenters. The average Bonchev–Trinajstić information content (AvgIpc) is 2.61. The number of pyridine rings is 1. The van der Waals surface area contributed by atoms with E-state index < -0.39 is 0 Å². The third-order valence-corrected chi connectivity index (χ3v) is 3.61. The number of rotatable bonds is 0. The predicted molar refractivity (Wildman–Crippen MR) is 56.1 cm³/mol. The Morgan fingerprint density at radius 3 is 3.00 bits per heavy atom. The maximum atomic E-state index is 9.82. The number of nitrogens with zero attached hydrogens (tertiary/aromatic N) is 1. The molecule has 1 N–H and O–H groups in total. The largest absolute Gasteiger partial charge is 0.336 e. The molecule has 1 aromatic heterocycles. The van der Waals surface area contributed by atoms with Crippen LogP contribution < -0.4 is 4.57 Å². The van der Waals surface area contributed by atoms with Gasteiger partial charge < -0.3 is 5.11 Å². The summed E-state index contributed by atoms with van der Waals surface area (Å²) in [5.74, 6) is 0.758. The minimum Gasteiger partial charge on any atom is -0.336 e. The Hall–Kier alpha value is -1.06. The summed E-state index contributed by atoms with van der Waals surface area (Å²) in [6, 6.07) is 12.3. The fraction of sp³-hybridized carbons (Fsp3) is 0.182. The smallest absolute Gasteiger partial charge is 0.271 e. The van der Waals surface area contributed by atoms with E-state index in [1.165, 1.54) is 5.39 Å². The first kappa shape index (κ1) is 8.26. The molecule has 0 fully saturated rings. The molecule has 2 aromatic rings. The third kappa shape index (κ3) is 1.06. The molecule has 14 heavy (non-hydrogen) atoms. The van der Waals surface area contributed by atoms with Gasteiger partial charge in [0.2, 0.25) is 10.5 Å². The number of hydrogen-bond donors (Lipinski definition) is 1. The Balaban J connectivity index is 2.41. The van der Waals surface area contributed by atoms with Crippen LogP contribution in [0.1, 0.15) is 6.23 Å². The molecule has 1 aliphatic rings. The molecule has 0 amide bonds. The maximum absolute atomic E-state index is 9.82. The van der Waals surface area contributed by atoms with Gasteiger partial charge in [-0.3, -0.25) is 0 Å². The lowest BCUT2D eigenvalue weighted by molar-refractivity contribution is -0.758. The lowest BCUT2D eigenvalue weighted by Crippen LogP contribution is -2.38. The Morgan fingerprint density at radius 2 is 2.07 bits per heavy atom. The minimum atomic E-state index is -0.374. The molecular formula is C11H10NOS+. The first-order valence-corrected chi connectivity index (χ1v) is 5.59. The van der Waals surface area contributed by atoms with Crippen LogP contribution in [0.25, 0.3) is 10.9 Å². The molecule has 0 saturated carbocycles. The van der Waals surface area contributed by atoms with Gasteiger partial charge in [-0.15, -0.1) is 0 Å². The van der Waals surface area contributed by atoms with E-state index in [9.17, 15) is 5.11 Å². The van der Waals surface area contributed by atoms with Gasteiger partial charge in [-0.25, -0.2) is 0 Å². The van der Waals surface area contributed by atoms with Crippen molar-refractivity contribution in [3.8, 4) is 0 Å². The van der Waals surface area contributed by atoms with Crippen molar-refractivity contribution < 1.29 is 9.67 Å². The van der Waals surface area contributed by atoms with Crippen molar-refractivity contribution in [1.29, 1.82) is 0 Å². The highest BCUT2D eigenvalue weighted by Crippen LogP contribution is 2.27. The van der Waals surface area contributed by atoms with Crippen molar-refractivity contribution in [2.24, 2.45) is 0 Å². The van der Waals surface area contributed by atoms with E-state index in [2.05, 4.69) is 18.2 Å². The lowest BCUT2D eigenvalue weighted by Gasteiger charge is -2.01. The molecule has 0 radical (unpaired) electrons. The number of aliphatic hydroxyl groups excluding tert-OH is 1. The van der Waals surface area contributed by atoms with Crippen molar-refractivity contribution in [3.05, 3.63) is 36.4 Å². The normalized spacial score (nSPS) is 19.9. The van der Waals surface area contributed by atoms with E-state index >= 15 is 0 Å². The quantitative estimate of drug-likeness (QED) is 0.661. The Bertz CT molecular complexity index is 498. The molecule has 1 aliphatic heterocycles. The number of aromatic nitrogens is 1. The molecule has 0 saturated heterocycles. The van der Waals surface area contributed by atoms with Crippen LogP contribution in [0.2, 0.25) is 0 Å². The predicted octanol–water partition coefficient (Wildman–Crippen LogP) is 1.72. The fourth-order valence-corrected chi connectivity index (χ4v) is 2.86. The standard InChI is InChI=1S/C11H10NOS/c13-10-7-14-11-6-5-8-3-1-2-4-9(8)12(10)11/h1-6,10,13H,7H2/q+1. The molecule has 3 heteroatoms.